The molecule has 0 aliphatic carbocycles. The van der Waals surface area contributed by atoms with Crippen LogP contribution in [0.1, 0.15) is 13.8 Å². The number of carbonyl (C=O) groups is 1. The lowest BCUT2D eigenvalue weighted by molar-refractivity contribution is -0.138. The first-order chi connectivity index (χ1) is 6.29. The summed E-state index contributed by atoms with van der Waals surface area (Å²) in [5.74, 6) is -0.591. The molecule has 0 heterocycles. The summed E-state index contributed by atoms with van der Waals surface area (Å²) >= 11 is 0. The predicted molar refractivity (Wildman–Crippen MR) is 47.9 cm³/mol. The Morgan fingerprint density at radius 1 is 1.57 bits per heavy atom. The number of halogens is 2. The van der Waals surface area contributed by atoms with Crippen LogP contribution in [0.25, 0.3) is 0 Å². The lowest BCUT2D eigenvalue weighted by Crippen LogP contribution is -2.53. The Morgan fingerprint density at radius 3 is 2.36 bits per heavy atom. The fraction of sp³-hybridized carbons (Fsp3) is 0.875. The van der Waals surface area contributed by atoms with Gasteiger partial charge in [-0.25, -0.2) is 8.78 Å². The molecule has 0 aliphatic rings. The largest absolute Gasteiger partial charge is 0.395 e. The first-order valence-corrected chi connectivity index (χ1v) is 4.26. The molecule has 0 fully saturated rings. The van der Waals surface area contributed by atoms with Crippen LogP contribution in [0.4, 0.5) is 8.78 Å². The van der Waals surface area contributed by atoms with E-state index in [1.54, 1.807) is 0 Å². The van der Waals surface area contributed by atoms with Crippen molar-refractivity contribution in [3.63, 3.8) is 0 Å². The van der Waals surface area contributed by atoms with E-state index < -0.39 is 24.4 Å². The summed E-state index contributed by atoms with van der Waals surface area (Å²) in [6, 6.07) is 0. The number of hydrogen-bond acceptors (Lipinski definition) is 3. The number of alkyl halides is 2. The van der Waals surface area contributed by atoms with Crippen LogP contribution in [-0.4, -0.2) is 47.6 Å². The summed E-state index contributed by atoms with van der Waals surface area (Å²) < 4.78 is 24.1. The molecule has 84 valence electrons. The molecular weight excluding hydrogens is 194 g/mol. The highest BCUT2D eigenvalue weighted by Crippen LogP contribution is 2.06. The van der Waals surface area contributed by atoms with Crippen LogP contribution in [0, 0.1) is 0 Å². The second-order valence-electron chi connectivity index (χ2n) is 3.59. The molecule has 0 spiro atoms. The monoisotopic (exact) mass is 210 g/mol. The average molecular weight is 210 g/mol. The normalized spacial score (nSPS) is 11.9. The Morgan fingerprint density at radius 2 is 2.07 bits per heavy atom. The molecule has 0 aromatic heterocycles. The van der Waals surface area contributed by atoms with Crippen molar-refractivity contribution in [1.82, 2.24) is 4.90 Å². The summed E-state index contributed by atoms with van der Waals surface area (Å²) in [6.45, 7) is 1.70. The van der Waals surface area contributed by atoms with Gasteiger partial charge in [0.15, 0.2) is 0 Å². The van der Waals surface area contributed by atoms with Gasteiger partial charge in [-0.2, -0.15) is 0 Å². The maximum absolute atomic E-state index is 12.0. The number of carbonyl (C=O) groups excluding carboxylic acids is 1. The van der Waals surface area contributed by atoms with Gasteiger partial charge in [0, 0.05) is 6.54 Å². The highest BCUT2D eigenvalue weighted by Gasteiger charge is 2.28. The van der Waals surface area contributed by atoms with Crippen LogP contribution in [0.2, 0.25) is 0 Å². The molecule has 0 rings (SSSR count). The van der Waals surface area contributed by atoms with E-state index in [-0.39, 0.29) is 13.2 Å². The van der Waals surface area contributed by atoms with Crippen molar-refractivity contribution >= 4 is 5.91 Å². The van der Waals surface area contributed by atoms with Crippen LogP contribution >= 0.6 is 0 Å². The summed E-state index contributed by atoms with van der Waals surface area (Å²) in [5, 5.41) is 8.58. The third-order valence-corrected chi connectivity index (χ3v) is 1.57. The molecule has 0 saturated heterocycles. The molecule has 6 heteroatoms. The molecule has 1 amide bonds. The average Bonchev–Trinajstić information content (AvgIpc) is 2.00. The Kier molecular flexibility index (Phi) is 4.93. The second kappa shape index (κ2) is 5.21. The number of aliphatic hydroxyl groups excluding tert-OH is 1. The van der Waals surface area contributed by atoms with Gasteiger partial charge in [-0.05, 0) is 13.8 Å². The van der Waals surface area contributed by atoms with Crippen molar-refractivity contribution in [3.05, 3.63) is 0 Å². The van der Waals surface area contributed by atoms with Crippen LogP contribution in [0.5, 0.6) is 0 Å². The lowest BCUT2D eigenvalue weighted by Gasteiger charge is -2.28. The third-order valence-electron chi connectivity index (χ3n) is 1.57. The first kappa shape index (κ1) is 13.2. The zero-order valence-electron chi connectivity index (χ0n) is 8.33. The summed E-state index contributed by atoms with van der Waals surface area (Å²) in [7, 11) is 0. The number of nitrogens with two attached hydrogens (primary N) is 1. The zero-order chi connectivity index (χ0) is 11.4. The molecule has 0 aromatic rings. The number of rotatable bonds is 5. The molecule has 0 aliphatic heterocycles. The molecule has 3 N–H and O–H groups in total. The zero-order valence-corrected chi connectivity index (χ0v) is 8.33. The van der Waals surface area contributed by atoms with Gasteiger partial charge in [-0.3, -0.25) is 4.79 Å². The molecule has 0 unspecified atom stereocenters. The van der Waals surface area contributed by atoms with Gasteiger partial charge in [0.2, 0.25) is 5.91 Å². The Labute approximate surface area is 81.7 Å². The van der Waals surface area contributed by atoms with Crippen LogP contribution in [-0.2, 0) is 4.79 Å². The minimum atomic E-state index is -2.62. The highest BCUT2D eigenvalue weighted by atomic mass is 19.3. The number of amides is 1. The fourth-order valence-corrected chi connectivity index (χ4v) is 0.971. The van der Waals surface area contributed by atoms with E-state index in [0.717, 1.165) is 4.90 Å². The number of hydrogen-bond donors (Lipinski definition) is 2. The van der Waals surface area contributed by atoms with E-state index in [0.29, 0.717) is 0 Å². The maximum atomic E-state index is 12.0. The summed E-state index contributed by atoms with van der Waals surface area (Å²) in [5.41, 5.74) is 4.28. The van der Waals surface area contributed by atoms with Gasteiger partial charge in [-0.15, -0.1) is 0 Å². The van der Waals surface area contributed by atoms with Crippen molar-refractivity contribution in [1.29, 1.82) is 0 Å². The van der Waals surface area contributed by atoms with Gasteiger partial charge < -0.3 is 15.7 Å². The van der Waals surface area contributed by atoms with Crippen LogP contribution < -0.4 is 5.73 Å². The summed E-state index contributed by atoms with van der Waals surface area (Å²) in [6.07, 6.45) is -2.62. The van der Waals surface area contributed by atoms with E-state index >= 15 is 0 Å². The number of aliphatic hydroxyl groups is 1. The Hall–Kier alpha value is -0.750. The van der Waals surface area contributed by atoms with E-state index in [9.17, 15) is 13.6 Å². The van der Waals surface area contributed by atoms with Gasteiger partial charge in [-0.1, -0.05) is 0 Å². The maximum Gasteiger partial charge on any atom is 0.255 e. The molecular formula is C8H16F2N2O2. The highest BCUT2D eigenvalue weighted by molar-refractivity contribution is 5.85. The van der Waals surface area contributed by atoms with Crippen molar-refractivity contribution in [2.75, 3.05) is 19.7 Å². The Bertz CT molecular complexity index is 192. The number of nitrogens with zero attached hydrogens (tertiary/aromatic N) is 1. The summed E-state index contributed by atoms with van der Waals surface area (Å²) in [4.78, 5) is 12.3. The van der Waals surface area contributed by atoms with E-state index in [1.807, 2.05) is 0 Å². The molecule has 0 saturated carbocycles. The Balaban J connectivity index is 4.41. The molecule has 14 heavy (non-hydrogen) atoms. The van der Waals surface area contributed by atoms with Crippen molar-refractivity contribution in [2.45, 2.75) is 25.8 Å². The standard InChI is InChI=1S/C8H16F2N2O2/c1-8(2,11)7(14)12(3-4-13)5-6(9)10/h6,13H,3-5,11H2,1-2H3. The minimum absolute atomic E-state index is 0.121. The molecule has 0 aromatic carbocycles. The fourth-order valence-electron chi connectivity index (χ4n) is 0.971. The smallest absolute Gasteiger partial charge is 0.255 e. The molecule has 0 bridgehead atoms. The van der Waals surface area contributed by atoms with E-state index in [1.165, 1.54) is 13.8 Å². The molecule has 4 nitrogen and oxygen atoms in total. The second-order valence-corrected chi connectivity index (χ2v) is 3.59. The van der Waals surface area contributed by atoms with Gasteiger partial charge in [0.25, 0.3) is 6.43 Å². The van der Waals surface area contributed by atoms with E-state index in [4.69, 9.17) is 10.8 Å². The van der Waals surface area contributed by atoms with Crippen molar-refractivity contribution in [2.24, 2.45) is 5.73 Å². The molecule has 0 atom stereocenters. The van der Waals surface area contributed by atoms with Gasteiger partial charge >= 0.3 is 0 Å². The van der Waals surface area contributed by atoms with Gasteiger partial charge in [0.1, 0.15) is 0 Å². The minimum Gasteiger partial charge on any atom is -0.395 e. The lowest BCUT2D eigenvalue weighted by atomic mass is 10.1. The van der Waals surface area contributed by atoms with Crippen molar-refractivity contribution in [3.8, 4) is 0 Å². The topological polar surface area (TPSA) is 66.6 Å². The molecule has 0 radical (unpaired) electrons. The van der Waals surface area contributed by atoms with Crippen LogP contribution in [0.3, 0.4) is 0 Å². The van der Waals surface area contributed by atoms with Crippen LogP contribution in [0.15, 0.2) is 0 Å². The first-order valence-electron chi connectivity index (χ1n) is 4.26. The predicted octanol–water partition coefficient (Wildman–Crippen LogP) is -0.190. The SMILES string of the molecule is CC(C)(N)C(=O)N(CCO)CC(F)F. The third kappa shape index (κ3) is 4.48. The van der Waals surface area contributed by atoms with Gasteiger partial charge in [0.05, 0.1) is 18.7 Å². The van der Waals surface area contributed by atoms with Crippen molar-refractivity contribution < 1.29 is 18.7 Å². The van der Waals surface area contributed by atoms with E-state index in [2.05, 4.69) is 0 Å². The quantitative estimate of drug-likeness (QED) is 0.661.